The van der Waals surface area contributed by atoms with E-state index >= 15 is 0 Å². The Morgan fingerprint density at radius 1 is 1.23 bits per heavy atom. The molecule has 1 N–H and O–H groups in total. The van der Waals surface area contributed by atoms with Gasteiger partial charge in [-0.05, 0) is 31.5 Å². The van der Waals surface area contributed by atoms with Crippen molar-refractivity contribution in [3.63, 3.8) is 0 Å². The number of nitrogens with zero attached hydrogens (tertiary/aromatic N) is 6. The van der Waals surface area contributed by atoms with Gasteiger partial charge in [0, 0.05) is 42.9 Å². The molecule has 0 unspecified atom stereocenters. The van der Waals surface area contributed by atoms with E-state index in [4.69, 9.17) is 9.47 Å². The monoisotopic (exact) mass is 541 g/mol. The number of hydrogen-bond donors (Lipinski definition) is 1. The Morgan fingerprint density at radius 3 is 2.72 bits per heavy atom. The van der Waals surface area contributed by atoms with Crippen LogP contribution in [0.5, 0.6) is 0 Å². The number of nitrogens with one attached hydrogen (secondary N) is 1. The van der Waals surface area contributed by atoms with Crippen molar-refractivity contribution in [1.29, 1.82) is 0 Å². The minimum atomic E-state index is -4.60. The van der Waals surface area contributed by atoms with Gasteiger partial charge in [-0.1, -0.05) is 18.2 Å². The highest BCUT2D eigenvalue weighted by molar-refractivity contribution is 5.94. The third kappa shape index (κ3) is 4.70. The second kappa shape index (κ2) is 9.68. The lowest BCUT2D eigenvalue weighted by Gasteiger charge is -2.41. The summed E-state index contributed by atoms with van der Waals surface area (Å²) in [6.07, 6.45) is -2.31. The first-order valence-electron chi connectivity index (χ1n) is 13.0. The number of ether oxygens (including phenoxy) is 2. The Morgan fingerprint density at radius 2 is 2.05 bits per heavy atom. The molecule has 6 rings (SSSR count). The number of halogens is 3. The summed E-state index contributed by atoms with van der Waals surface area (Å²) in [5.74, 6) is 0.839. The Labute approximate surface area is 223 Å². The molecule has 39 heavy (non-hydrogen) atoms. The van der Waals surface area contributed by atoms with Gasteiger partial charge in [0.25, 0.3) is 0 Å². The third-order valence-electron chi connectivity index (χ3n) is 7.90. The summed E-state index contributed by atoms with van der Waals surface area (Å²) in [5.41, 5.74) is 1.81. The van der Waals surface area contributed by atoms with Gasteiger partial charge >= 0.3 is 6.18 Å². The van der Waals surface area contributed by atoms with Gasteiger partial charge in [-0.2, -0.15) is 18.3 Å². The largest absolute Gasteiger partial charge is 0.433 e. The van der Waals surface area contributed by atoms with Crippen LogP contribution in [0.1, 0.15) is 42.7 Å². The lowest BCUT2D eigenvalue weighted by atomic mass is 9.75. The number of fused-ring (bicyclic) bond motifs is 1. The van der Waals surface area contributed by atoms with E-state index < -0.39 is 11.9 Å². The van der Waals surface area contributed by atoms with E-state index in [1.807, 2.05) is 49.7 Å². The highest BCUT2D eigenvalue weighted by Crippen LogP contribution is 2.40. The van der Waals surface area contributed by atoms with Crippen molar-refractivity contribution in [1.82, 2.24) is 34.8 Å². The second-order valence-corrected chi connectivity index (χ2v) is 10.6. The Balaban J connectivity index is 1.42. The molecular formula is C27H30F3N7O2. The van der Waals surface area contributed by atoms with Gasteiger partial charge < -0.3 is 14.0 Å². The number of pyridine rings is 1. The number of H-pyrrole nitrogens is 1. The quantitative estimate of drug-likeness (QED) is 0.393. The van der Waals surface area contributed by atoms with Crippen LogP contribution in [0.2, 0.25) is 0 Å². The predicted molar refractivity (Wildman–Crippen MR) is 137 cm³/mol. The fourth-order valence-corrected chi connectivity index (χ4v) is 5.56. The van der Waals surface area contributed by atoms with Crippen LogP contribution >= 0.6 is 0 Å². The molecule has 4 aromatic rings. The molecule has 9 nitrogen and oxygen atoms in total. The van der Waals surface area contributed by atoms with Crippen LogP contribution in [-0.2, 0) is 34.5 Å². The van der Waals surface area contributed by atoms with Crippen LogP contribution in [0.25, 0.3) is 22.2 Å². The van der Waals surface area contributed by atoms with Gasteiger partial charge in [0.2, 0.25) is 0 Å². The maximum absolute atomic E-state index is 14.0. The predicted octanol–water partition coefficient (Wildman–Crippen LogP) is 4.06. The average molecular weight is 542 g/mol. The van der Waals surface area contributed by atoms with Crippen molar-refractivity contribution in [2.24, 2.45) is 7.05 Å². The molecule has 2 atom stereocenters. The third-order valence-corrected chi connectivity index (χ3v) is 7.90. The second-order valence-electron chi connectivity index (χ2n) is 10.6. The SMILES string of the molecule is C[C@H](c1nc(C(F)(F)F)cc2c(-c3cccc(C4(Cc5nncn5C)COC4)c3)n[nH]c12)N1CCO[C@@H](C)C1. The molecule has 2 aliphatic heterocycles. The van der Waals surface area contributed by atoms with Crippen LogP contribution < -0.4 is 0 Å². The van der Waals surface area contributed by atoms with Gasteiger partial charge in [-0.15, -0.1) is 10.2 Å². The fraction of sp³-hybridized carbons (Fsp3) is 0.481. The zero-order valence-electron chi connectivity index (χ0n) is 22.0. The summed E-state index contributed by atoms with van der Waals surface area (Å²) < 4.78 is 55.2. The number of aromatic amines is 1. The molecule has 206 valence electrons. The van der Waals surface area contributed by atoms with Crippen molar-refractivity contribution < 1.29 is 22.6 Å². The van der Waals surface area contributed by atoms with Crippen LogP contribution in [0.3, 0.4) is 0 Å². The Bertz CT molecular complexity index is 1490. The van der Waals surface area contributed by atoms with E-state index in [-0.39, 0.29) is 17.6 Å². The summed E-state index contributed by atoms with van der Waals surface area (Å²) >= 11 is 0. The first-order valence-corrected chi connectivity index (χ1v) is 13.0. The first kappa shape index (κ1) is 25.9. The van der Waals surface area contributed by atoms with E-state index in [0.717, 1.165) is 23.0 Å². The molecule has 2 fully saturated rings. The fourth-order valence-electron chi connectivity index (χ4n) is 5.56. The smallest absolute Gasteiger partial charge is 0.379 e. The van der Waals surface area contributed by atoms with E-state index in [9.17, 15) is 13.2 Å². The van der Waals surface area contributed by atoms with Crippen molar-refractivity contribution in [3.05, 3.63) is 59.4 Å². The molecule has 0 amide bonds. The number of rotatable bonds is 6. The molecule has 2 aliphatic rings. The normalized spacial score (nSPS) is 20.7. The zero-order valence-corrected chi connectivity index (χ0v) is 22.0. The van der Waals surface area contributed by atoms with Crippen LogP contribution in [-0.4, -0.2) is 73.9 Å². The molecule has 0 aliphatic carbocycles. The van der Waals surface area contributed by atoms with Crippen LogP contribution in [0.4, 0.5) is 13.2 Å². The number of benzene rings is 1. The van der Waals surface area contributed by atoms with E-state index in [1.165, 1.54) is 0 Å². The summed E-state index contributed by atoms with van der Waals surface area (Å²) in [7, 11) is 1.90. The Hall–Kier alpha value is -3.35. The number of aromatic nitrogens is 6. The van der Waals surface area contributed by atoms with Gasteiger partial charge in [0.1, 0.15) is 23.5 Å². The molecule has 12 heteroatoms. The highest BCUT2D eigenvalue weighted by Gasteiger charge is 2.42. The van der Waals surface area contributed by atoms with Crippen molar-refractivity contribution in [2.75, 3.05) is 32.9 Å². The van der Waals surface area contributed by atoms with E-state index in [2.05, 4.69) is 30.3 Å². The standard InChI is InChI=1S/C27H30F3N7O2/c1-16-12-37(7-8-39-16)17(2)23-25-20(10-21(32-23)27(28,29)30)24(34-35-25)18-5-4-6-19(9-18)26(13-38-14-26)11-22-33-31-15-36(22)3/h4-6,9-10,15-17H,7-8,11-14H2,1-3H3,(H,34,35)/t16-,17+/m0/s1. The molecule has 1 aromatic carbocycles. The molecule has 5 heterocycles. The molecule has 0 bridgehead atoms. The van der Waals surface area contributed by atoms with Crippen molar-refractivity contribution >= 4 is 10.9 Å². The number of morpholine rings is 1. The van der Waals surface area contributed by atoms with Gasteiger partial charge in [-0.3, -0.25) is 10.00 Å². The molecular weight excluding hydrogens is 511 g/mol. The molecule has 2 saturated heterocycles. The van der Waals surface area contributed by atoms with Crippen molar-refractivity contribution in [2.45, 2.75) is 44.0 Å². The number of alkyl halides is 3. The van der Waals surface area contributed by atoms with Gasteiger partial charge in [-0.25, -0.2) is 4.98 Å². The van der Waals surface area contributed by atoms with Crippen molar-refractivity contribution in [3.8, 4) is 11.3 Å². The maximum Gasteiger partial charge on any atom is 0.433 e. The number of aryl methyl sites for hydroxylation is 1. The minimum absolute atomic E-state index is 0.00749. The average Bonchev–Trinajstić information content (AvgIpc) is 3.50. The maximum atomic E-state index is 14.0. The highest BCUT2D eigenvalue weighted by atomic mass is 19.4. The number of hydrogen-bond acceptors (Lipinski definition) is 7. The zero-order chi connectivity index (χ0) is 27.4. The first-order chi connectivity index (χ1) is 18.6. The van der Waals surface area contributed by atoms with E-state index in [0.29, 0.717) is 61.6 Å². The summed E-state index contributed by atoms with van der Waals surface area (Å²) in [6.45, 7) is 6.63. The van der Waals surface area contributed by atoms with Gasteiger partial charge in [0.05, 0.1) is 43.2 Å². The minimum Gasteiger partial charge on any atom is -0.379 e. The van der Waals surface area contributed by atoms with Gasteiger partial charge in [0.15, 0.2) is 0 Å². The lowest BCUT2D eigenvalue weighted by molar-refractivity contribution is -0.141. The molecule has 0 saturated carbocycles. The molecule has 0 spiro atoms. The summed E-state index contributed by atoms with van der Waals surface area (Å²) in [5, 5.41) is 16.1. The van der Waals surface area contributed by atoms with Crippen LogP contribution in [0.15, 0.2) is 36.7 Å². The Kier molecular flexibility index (Phi) is 6.43. The summed E-state index contributed by atoms with van der Waals surface area (Å²) in [4.78, 5) is 6.20. The van der Waals surface area contributed by atoms with E-state index in [1.54, 1.807) is 6.33 Å². The topological polar surface area (TPSA) is 94.0 Å². The lowest BCUT2D eigenvalue weighted by Crippen LogP contribution is -2.49. The molecule has 3 aromatic heterocycles. The summed E-state index contributed by atoms with van der Waals surface area (Å²) in [6, 6.07) is 8.53. The van der Waals surface area contributed by atoms with Crippen LogP contribution in [0, 0.1) is 0 Å². The molecule has 0 radical (unpaired) electrons.